The summed E-state index contributed by atoms with van der Waals surface area (Å²) in [5, 5.41) is 10.6. The van der Waals surface area contributed by atoms with E-state index in [2.05, 4.69) is 0 Å². The second kappa shape index (κ2) is 4.95. The van der Waals surface area contributed by atoms with Crippen LogP contribution >= 0.6 is 0 Å². The maximum Gasteiger partial charge on any atom is 0.352 e. The molecule has 0 saturated heterocycles. The molecule has 0 heterocycles. The molecule has 0 aliphatic carbocycles. The van der Waals surface area contributed by atoms with Crippen LogP contribution < -0.4 is 5.32 Å². The number of aliphatic carboxylic acids is 1. The van der Waals surface area contributed by atoms with Gasteiger partial charge in [0.05, 0.1) is 8.22 Å². The summed E-state index contributed by atoms with van der Waals surface area (Å²) in [6, 6.07) is -5.17. The quantitative estimate of drug-likeness (QED) is 0.744. The average Bonchev–Trinajstić information content (AvgIpc) is 2.46. The largest absolute Gasteiger partial charge is 0.477 e. The van der Waals surface area contributed by atoms with Crippen molar-refractivity contribution in [3.8, 4) is 0 Å². The van der Waals surface area contributed by atoms with Crippen LogP contribution in [0.3, 0.4) is 0 Å². The molecule has 4 heteroatoms. The molecule has 2 N–H and O–H groups in total. The highest BCUT2D eigenvalue weighted by atomic mass is 16.4. The summed E-state index contributed by atoms with van der Waals surface area (Å²) in [6.07, 6.45) is 0. The molecule has 0 atom stereocenters. The molecule has 0 aliphatic rings. The van der Waals surface area contributed by atoms with Gasteiger partial charge in [-0.1, -0.05) is 30.2 Å². The Labute approximate surface area is 99.9 Å². The predicted molar refractivity (Wildman–Crippen MR) is 55.9 cm³/mol. The summed E-state index contributed by atoms with van der Waals surface area (Å²) < 4.78 is 66.1. The van der Waals surface area contributed by atoms with Crippen molar-refractivity contribution in [2.75, 3.05) is 0 Å². The topological polar surface area (TPSA) is 66.4 Å². The number of carbonyl (C=O) groups excluding carboxylic acids is 1. The van der Waals surface area contributed by atoms with Gasteiger partial charge in [0.15, 0.2) is 0 Å². The van der Waals surface area contributed by atoms with Crippen LogP contribution in [-0.2, 0) is 9.59 Å². The van der Waals surface area contributed by atoms with Gasteiger partial charge in [0, 0.05) is 11.0 Å². The highest BCUT2D eigenvalue weighted by molar-refractivity contribution is 5.96. The van der Waals surface area contributed by atoms with Crippen molar-refractivity contribution >= 4 is 17.9 Å². The molecule has 1 aromatic carbocycles. The van der Waals surface area contributed by atoms with Crippen molar-refractivity contribution in [2.45, 2.75) is 6.85 Å². The summed E-state index contributed by atoms with van der Waals surface area (Å²) in [6.45, 7) is -3.19. The standard InChI is InChI=1S/C11H11NO3/c1-8(13)12-10(11(14)15)7-9-5-3-2-4-6-9/h2-7H,1H3,(H,12,13)(H,14,15)/b10-7+/i1D3,2D,3D,4D,5D,6D,7D. The fourth-order valence-electron chi connectivity index (χ4n) is 0.689. The minimum atomic E-state index is -3.19. The molecule has 1 aromatic rings. The number of hydrogen-bond donors (Lipinski definition) is 2. The van der Waals surface area contributed by atoms with Crippen molar-refractivity contribution in [1.82, 2.24) is 5.32 Å². The van der Waals surface area contributed by atoms with Gasteiger partial charge >= 0.3 is 5.97 Å². The first-order valence-electron chi connectivity index (χ1n) is 8.13. The first-order valence-corrected chi connectivity index (χ1v) is 3.63. The average molecular weight is 214 g/mol. The van der Waals surface area contributed by atoms with Crippen LogP contribution in [0.25, 0.3) is 6.05 Å². The number of hydrogen-bond acceptors (Lipinski definition) is 2. The zero-order chi connectivity index (χ0) is 19.0. The molecular weight excluding hydrogens is 194 g/mol. The Hall–Kier alpha value is -2.10. The number of carboxylic acid groups (broad SMARTS) is 1. The van der Waals surface area contributed by atoms with Crippen molar-refractivity contribution in [3.63, 3.8) is 0 Å². The van der Waals surface area contributed by atoms with Crippen LogP contribution in [-0.4, -0.2) is 17.0 Å². The van der Waals surface area contributed by atoms with Gasteiger partial charge in [-0.25, -0.2) is 4.79 Å². The normalized spacial score (nSPS) is 20.9. The fourth-order valence-corrected chi connectivity index (χ4v) is 0.689. The number of carbonyl (C=O) groups is 2. The zero-order valence-electron chi connectivity index (χ0n) is 16.3. The summed E-state index contributed by atoms with van der Waals surface area (Å²) in [7, 11) is 0. The maximum atomic E-state index is 11.4. The number of carboxylic acids is 1. The van der Waals surface area contributed by atoms with E-state index < -0.39 is 66.3 Å². The Balaban J connectivity index is 3.65. The zero-order valence-corrected chi connectivity index (χ0v) is 7.26. The highest BCUT2D eigenvalue weighted by Gasteiger charge is 2.08. The van der Waals surface area contributed by atoms with Crippen LogP contribution in [0.2, 0.25) is 0 Å². The van der Waals surface area contributed by atoms with Crippen molar-refractivity contribution in [1.29, 1.82) is 0 Å². The molecular formula is C11H11NO3. The molecule has 0 fully saturated rings. The second-order valence-electron chi connectivity index (χ2n) is 2.26. The minimum Gasteiger partial charge on any atom is -0.477 e. The summed E-state index contributed by atoms with van der Waals surface area (Å²) in [4.78, 5) is 22.6. The van der Waals surface area contributed by atoms with Crippen molar-refractivity contribution in [3.05, 3.63) is 41.5 Å². The molecule has 0 saturated carbocycles. The van der Waals surface area contributed by atoms with Gasteiger partial charge in [-0.15, -0.1) is 0 Å². The van der Waals surface area contributed by atoms with Crippen molar-refractivity contribution < 1.29 is 27.0 Å². The Morgan fingerprint density at radius 2 is 2.20 bits per heavy atom. The van der Waals surface area contributed by atoms with Crippen LogP contribution in [0.4, 0.5) is 0 Å². The van der Waals surface area contributed by atoms with Gasteiger partial charge in [-0.2, -0.15) is 0 Å². The van der Waals surface area contributed by atoms with Gasteiger partial charge in [0.2, 0.25) is 5.91 Å². The Morgan fingerprint density at radius 3 is 2.73 bits per heavy atom. The molecule has 0 aromatic heterocycles. The molecule has 1 rings (SSSR count). The number of nitrogens with one attached hydrogen (secondary N) is 1. The van der Waals surface area contributed by atoms with Crippen LogP contribution in [0.1, 0.15) is 24.8 Å². The maximum absolute atomic E-state index is 11.4. The van der Waals surface area contributed by atoms with E-state index >= 15 is 0 Å². The molecule has 78 valence electrons. The smallest absolute Gasteiger partial charge is 0.352 e. The lowest BCUT2D eigenvalue weighted by Gasteiger charge is -2.02. The van der Waals surface area contributed by atoms with E-state index in [4.69, 9.17) is 17.4 Å². The fraction of sp³-hybridized carbons (Fsp3) is 0.0909. The summed E-state index contributed by atoms with van der Waals surface area (Å²) in [5.74, 6) is -3.58. The summed E-state index contributed by atoms with van der Waals surface area (Å²) in [5.41, 5.74) is -1.99. The number of benzene rings is 1. The molecule has 0 spiro atoms. The lowest BCUT2D eigenvalue weighted by molar-refractivity contribution is -0.134. The van der Waals surface area contributed by atoms with Crippen molar-refractivity contribution in [2.24, 2.45) is 0 Å². The Kier molecular flexibility index (Phi) is 1.26. The third-order valence-corrected chi connectivity index (χ3v) is 1.20. The van der Waals surface area contributed by atoms with Gasteiger partial charge in [-0.3, -0.25) is 4.79 Å². The van der Waals surface area contributed by atoms with Gasteiger partial charge in [-0.05, 0) is 11.6 Å². The molecule has 0 unspecified atom stereocenters. The number of amides is 1. The highest BCUT2D eigenvalue weighted by Crippen LogP contribution is 2.04. The predicted octanol–water partition coefficient (Wildman–Crippen LogP) is 1.25. The lowest BCUT2D eigenvalue weighted by atomic mass is 10.2. The second-order valence-corrected chi connectivity index (χ2v) is 2.26. The third-order valence-electron chi connectivity index (χ3n) is 1.20. The monoisotopic (exact) mass is 214 g/mol. The molecule has 0 aliphatic heterocycles. The van der Waals surface area contributed by atoms with E-state index in [9.17, 15) is 9.59 Å². The molecule has 0 radical (unpaired) electrons. The molecule has 15 heavy (non-hydrogen) atoms. The summed E-state index contributed by atoms with van der Waals surface area (Å²) >= 11 is 0. The van der Waals surface area contributed by atoms with E-state index in [-0.39, 0.29) is 0 Å². The van der Waals surface area contributed by atoms with E-state index in [1.165, 1.54) is 5.32 Å². The van der Waals surface area contributed by atoms with Gasteiger partial charge in [0.25, 0.3) is 0 Å². The van der Waals surface area contributed by atoms with Gasteiger partial charge < -0.3 is 10.4 Å². The molecule has 0 bridgehead atoms. The lowest BCUT2D eigenvalue weighted by Crippen LogP contribution is -2.24. The van der Waals surface area contributed by atoms with Crippen LogP contribution in [0, 0.1) is 0 Å². The van der Waals surface area contributed by atoms with E-state index in [0.29, 0.717) is 0 Å². The Bertz CT molecular complexity index is 725. The van der Waals surface area contributed by atoms with Gasteiger partial charge in [0.1, 0.15) is 5.70 Å². The first kappa shape index (κ1) is 3.81. The molecule has 1 amide bonds. The SMILES string of the molecule is [2H]/C(=C(\NC(=O)C([2H])([2H])[2H])C(=O)O)c1c([2H])c([2H])c([2H])c([2H])c1[2H]. The minimum absolute atomic E-state index is 0.745. The van der Waals surface area contributed by atoms with Crippen LogP contribution in [0.5, 0.6) is 0 Å². The first-order chi connectivity index (χ1) is 10.8. The molecule has 4 nitrogen and oxygen atoms in total. The van der Waals surface area contributed by atoms with E-state index in [1.807, 2.05) is 0 Å². The Morgan fingerprint density at radius 1 is 1.53 bits per heavy atom. The van der Waals surface area contributed by atoms with Crippen LogP contribution in [0.15, 0.2) is 35.9 Å². The van der Waals surface area contributed by atoms with E-state index in [1.54, 1.807) is 0 Å². The third kappa shape index (κ3) is 3.64. The number of rotatable bonds is 3. The van der Waals surface area contributed by atoms with E-state index in [0.717, 1.165) is 0 Å².